The standard InChI is InChI=1S/C27H27Cl2N3O3/c1-30(25(18-31-15-2-3-16-31)21-5-4-6-24(17-21)32(34)35)27(33)26(19-7-11-22(28)12-8-19)20-9-13-23(29)14-10-20/h4-14,17,25-26H,2-3,15-16,18H2,1H3/t25-/m1/s1. The smallest absolute Gasteiger partial charge is 0.269 e. The van der Waals surface area contributed by atoms with Gasteiger partial charge in [0, 0.05) is 35.8 Å². The molecule has 0 unspecified atom stereocenters. The minimum atomic E-state index is -0.575. The molecule has 3 aromatic rings. The number of nitro benzene ring substituents is 1. The van der Waals surface area contributed by atoms with Crippen LogP contribution in [0, 0.1) is 10.1 Å². The van der Waals surface area contributed by atoms with Crippen molar-refractivity contribution in [3.63, 3.8) is 0 Å². The number of nitrogens with zero attached hydrogens (tertiary/aromatic N) is 3. The molecule has 1 saturated heterocycles. The Morgan fingerprint density at radius 1 is 0.943 bits per heavy atom. The molecular formula is C27H27Cl2N3O3. The fraction of sp³-hybridized carbons (Fsp3) is 0.296. The topological polar surface area (TPSA) is 66.7 Å². The zero-order chi connectivity index (χ0) is 24.9. The van der Waals surface area contributed by atoms with Crippen LogP contribution >= 0.6 is 23.2 Å². The molecule has 1 fully saturated rings. The maximum atomic E-state index is 14.1. The van der Waals surface area contributed by atoms with Crippen molar-refractivity contribution < 1.29 is 9.72 Å². The largest absolute Gasteiger partial charge is 0.337 e. The summed E-state index contributed by atoms with van der Waals surface area (Å²) in [5, 5.41) is 12.6. The van der Waals surface area contributed by atoms with E-state index in [0.29, 0.717) is 16.6 Å². The molecule has 0 radical (unpaired) electrons. The van der Waals surface area contributed by atoms with E-state index in [1.807, 2.05) is 30.3 Å². The number of hydrogen-bond donors (Lipinski definition) is 0. The van der Waals surface area contributed by atoms with Crippen molar-refractivity contribution in [1.29, 1.82) is 0 Å². The average molecular weight is 512 g/mol. The molecule has 1 atom stereocenters. The fourth-order valence-electron chi connectivity index (χ4n) is 4.65. The minimum absolute atomic E-state index is 0.0155. The number of amides is 1. The third-order valence-electron chi connectivity index (χ3n) is 6.56. The lowest BCUT2D eigenvalue weighted by molar-refractivity contribution is -0.385. The summed E-state index contributed by atoms with van der Waals surface area (Å²) in [7, 11) is 1.78. The maximum absolute atomic E-state index is 14.1. The first kappa shape index (κ1) is 25.2. The van der Waals surface area contributed by atoms with Crippen molar-refractivity contribution in [1.82, 2.24) is 9.80 Å². The number of halogens is 2. The number of benzene rings is 3. The van der Waals surface area contributed by atoms with E-state index >= 15 is 0 Å². The van der Waals surface area contributed by atoms with Gasteiger partial charge in [0.25, 0.3) is 5.69 Å². The Hall–Kier alpha value is -2.93. The van der Waals surface area contributed by atoms with Crippen molar-refractivity contribution >= 4 is 34.8 Å². The first-order valence-corrected chi connectivity index (χ1v) is 12.3. The lowest BCUT2D eigenvalue weighted by Gasteiger charge is -2.34. The van der Waals surface area contributed by atoms with Gasteiger partial charge in [-0.05, 0) is 66.9 Å². The summed E-state index contributed by atoms with van der Waals surface area (Å²) in [6.07, 6.45) is 2.22. The molecule has 1 aliphatic rings. The van der Waals surface area contributed by atoms with Crippen molar-refractivity contribution in [2.75, 3.05) is 26.7 Å². The molecule has 1 heterocycles. The van der Waals surface area contributed by atoms with Gasteiger partial charge >= 0.3 is 0 Å². The second kappa shape index (κ2) is 11.2. The van der Waals surface area contributed by atoms with E-state index in [1.54, 1.807) is 48.3 Å². The van der Waals surface area contributed by atoms with Crippen LogP contribution in [0.3, 0.4) is 0 Å². The Morgan fingerprint density at radius 2 is 1.49 bits per heavy atom. The highest BCUT2D eigenvalue weighted by molar-refractivity contribution is 6.30. The van der Waals surface area contributed by atoms with E-state index in [9.17, 15) is 14.9 Å². The van der Waals surface area contributed by atoms with Crippen LogP contribution in [0.5, 0.6) is 0 Å². The van der Waals surface area contributed by atoms with Crippen LogP contribution < -0.4 is 0 Å². The van der Waals surface area contributed by atoms with Crippen LogP contribution in [-0.2, 0) is 4.79 Å². The van der Waals surface area contributed by atoms with Crippen LogP contribution in [0.15, 0.2) is 72.8 Å². The molecule has 0 aliphatic carbocycles. The van der Waals surface area contributed by atoms with Gasteiger partial charge in [-0.15, -0.1) is 0 Å². The minimum Gasteiger partial charge on any atom is -0.337 e. The zero-order valence-electron chi connectivity index (χ0n) is 19.4. The van der Waals surface area contributed by atoms with Crippen molar-refractivity contribution in [2.24, 2.45) is 0 Å². The summed E-state index contributed by atoms with van der Waals surface area (Å²) in [5.41, 5.74) is 2.38. The van der Waals surface area contributed by atoms with Crippen LogP contribution in [0.4, 0.5) is 5.69 Å². The van der Waals surface area contributed by atoms with Crippen LogP contribution in [0.1, 0.15) is 41.5 Å². The molecule has 6 nitrogen and oxygen atoms in total. The van der Waals surface area contributed by atoms with Gasteiger partial charge < -0.3 is 9.80 Å². The van der Waals surface area contributed by atoms with Crippen molar-refractivity contribution in [3.8, 4) is 0 Å². The maximum Gasteiger partial charge on any atom is 0.269 e. The van der Waals surface area contributed by atoms with E-state index in [2.05, 4.69) is 4.90 Å². The molecule has 1 aliphatic heterocycles. The Labute approximate surface area is 215 Å². The lowest BCUT2D eigenvalue weighted by Crippen LogP contribution is -2.41. The third-order valence-corrected chi connectivity index (χ3v) is 7.07. The highest BCUT2D eigenvalue weighted by atomic mass is 35.5. The Kier molecular flexibility index (Phi) is 8.06. The predicted molar refractivity (Wildman–Crippen MR) is 139 cm³/mol. The van der Waals surface area contributed by atoms with Gasteiger partial charge in [-0.2, -0.15) is 0 Å². The molecule has 0 saturated carbocycles. The summed E-state index contributed by atoms with van der Waals surface area (Å²) in [5.74, 6) is -0.681. The number of non-ortho nitro benzene ring substituents is 1. The molecule has 0 spiro atoms. The van der Waals surface area contributed by atoms with Gasteiger partial charge in [-0.3, -0.25) is 14.9 Å². The molecular weight excluding hydrogens is 485 g/mol. The lowest BCUT2D eigenvalue weighted by atomic mass is 9.89. The highest BCUT2D eigenvalue weighted by Gasteiger charge is 2.32. The second-order valence-corrected chi connectivity index (χ2v) is 9.73. The van der Waals surface area contributed by atoms with E-state index in [0.717, 1.165) is 42.6 Å². The molecule has 182 valence electrons. The second-order valence-electron chi connectivity index (χ2n) is 8.86. The van der Waals surface area contributed by atoms with Gasteiger partial charge in [0.05, 0.1) is 16.9 Å². The van der Waals surface area contributed by atoms with Crippen molar-refractivity contribution in [3.05, 3.63) is 110 Å². The number of hydrogen-bond acceptors (Lipinski definition) is 4. The number of rotatable bonds is 8. The zero-order valence-corrected chi connectivity index (χ0v) is 21.0. The summed E-state index contributed by atoms with van der Waals surface area (Å²) >= 11 is 12.2. The van der Waals surface area contributed by atoms with E-state index in [1.165, 1.54) is 6.07 Å². The summed E-state index contributed by atoms with van der Waals surface area (Å²) in [6, 6.07) is 20.8. The molecule has 0 N–H and O–H groups in total. The third kappa shape index (κ3) is 6.01. The summed E-state index contributed by atoms with van der Waals surface area (Å²) < 4.78 is 0. The summed E-state index contributed by atoms with van der Waals surface area (Å²) in [6.45, 7) is 2.51. The van der Waals surface area contributed by atoms with Gasteiger partial charge in [0.2, 0.25) is 5.91 Å². The van der Waals surface area contributed by atoms with Gasteiger partial charge in [-0.1, -0.05) is 59.6 Å². The molecule has 1 amide bonds. The molecule has 35 heavy (non-hydrogen) atoms. The number of likely N-dealkylation sites (N-methyl/N-ethyl adjacent to an activating group) is 1. The number of carbonyl (C=O) groups is 1. The SMILES string of the molecule is CN(C(=O)C(c1ccc(Cl)cc1)c1ccc(Cl)cc1)[C@H](CN1CCCC1)c1cccc([N+](=O)[O-])c1. The Bertz CT molecular complexity index is 1130. The van der Waals surface area contributed by atoms with E-state index in [4.69, 9.17) is 23.2 Å². The van der Waals surface area contributed by atoms with Crippen LogP contribution in [-0.4, -0.2) is 47.3 Å². The normalized spacial score (nSPS) is 14.7. The van der Waals surface area contributed by atoms with Gasteiger partial charge in [-0.25, -0.2) is 0 Å². The number of carbonyl (C=O) groups excluding carboxylic acids is 1. The highest BCUT2D eigenvalue weighted by Crippen LogP contribution is 2.33. The van der Waals surface area contributed by atoms with E-state index < -0.39 is 10.8 Å². The quantitative estimate of drug-likeness (QED) is 0.261. The number of nitro groups is 1. The van der Waals surface area contributed by atoms with Crippen molar-refractivity contribution in [2.45, 2.75) is 24.8 Å². The predicted octanol–water partition coefficient (Wildman–Crippen LogP) is 6.33. The van der Waals surface area contributed by atoms with Crippen LogP contribution in [0.2, 0.25) is 10.0 Å². The average Bonchev–Trinajstić information content (AvgIpc) is 3.38. The Morgan fingerprint density at radius 3 is 2.00 bits per heavy atom. The van der Waals surface area contributed by atoms with Gasteiger partial charge in [0.1, 0.15) is 0 Å². The molecule has 8 heteroatoms. The monoisotopic (exact) mass is 511 g/mol. The number of likely N-dealkylation sites (tertiary alicyclic amines) is 1. The Balaban J connectivity index is 1.73. The van der Waals surface area contributed by atoms with E-state index in [-0.39, 0.29) is 17.6 Å². The first-order chi connectivity index (χ1) is 16.8. The summed E-state index contributed by atoms with van der Waals surface area (Å²) in [4.78, 5) is 29.2. The van der Waals surface area contributed by atoms with Crippen LogP contribution in [0.25, 0.3) is 0 Å². The fourth-order valence-corrected chi connectivity index (χ4v) is 4.90. The molecule has 0 bridgehead atoms. The van der Waals surface area contributed by atoms with Gasteiger partial charge in [0.15, 0.2) is 0 Å². The molecule has 0 aromatic heterocycles. The molecule has 4 rings (SSSR count). The first-order valence-electron chi connectivity index (χ1n) is 11.6. The molecule has 3 aromatic carbocycles.